The summed E-state index contributed by atoms with van der Waals surface area (Å²) in [5.74, 6) is -0.829. The van der Waals surface area contributed by atoms with Gasteiger partial charge >= 0.3 is 5.97 Å². The minimum Gasteiger partial charge on any atom is -0.462 e. The summed E-state index contributed by atoms with van der Waals surface area (Å²) >= 11 is 0. The summed E-state index contributed by atoms with van der Waals surface area (Å²) in [7, 11) is 0. The van der Waals surface area contributed by atoms with E-state index in [1.54, 1.807) is 38.1 Å². The molecule has 0 aliphatic rings. The van der Waals surface area contributed by atoms with E-state index in [1.165, 1.54) is 12.1 Å². The van der Waals surface area contributed by atoms with Gasteiger partial charge < -0.3 is 15.8 Å². The monoisotopic (exact) mass is 288 g/mol. The van der Waals surface area contributed by atoms with Gasteiger partial charge in [0, 0.05) is 5.69 Å². The number of hydrogen-bond acceptors (Lipinski definition) is 4. The standard InChI is InChI=1S/C16H17FN2O2/c1-3-21-16(20)13-5-4-6-14(18)15(13)19-12-8-10(2)7-11(17)9-12/h4-9,19H,3,18H2,1-2H3. The van der Waals surface area contributed by atoms with Gasteiger partial charge in [0.1, 0.15) is 5.82 Å². The van der Waals surface area contributed by atoms with E-state index in [2.05, 4.69) is 5.32 Å². The number of carbonyl (C=O) groups is 1. The number of anilines is 3. The quantitative estimate of drug-likeness (QED) is 0.666. The number of rotatable bonds is 4. The molecule has 110 valence electrons. The molecular weight excluding hydrogens is 271 g/mol. The zero-order valence-electron chi connectivity index (χ0n) is 11.9. The van der Waals surface area contributed by atoms with Crippen molar-refractivity contribution < 1.29 is 13.9 Å². The number of aryl methyl sites for hydroxylation is 1. The first-order valence-corrected chi connectivity index (χ1v) is 6.61. The van der Waals surface area contributed by atoms with Crippen LogP contribution in [0, 0.1) is 12.7 Å². The molecule has 0 saturated heterocycles. The number of para-hydroxylation sites is 1. The average molecular weight is 288 g/mol. The van der Waals surface area contributed by atoms with Gasteiger partial charge in [0.15, 0.2) is 0 Å². The predicted molar refractivity (Wildman–Crippen MR) is 81.2 cm³/mol. The van der Waals surface area contributed by atoms with E-state index in [0.717, 1.165) is 5.56 Å². The predicted octanol–water partition coefficient (Wildman–Crippen LogP) is 3.64. The fourth-order valence-electron chi connectivity index (χ4n) is 2.04. The first-order chi connectivity index (χ1) is 10.0. The number of nitrogens with two attached hydrogens (primary N) is 1. The van der Waals surface area contributed by atoms with Gasteiger partial charge in [0.05, 0.1) is 23.5 Å². The number of nitrogens with one attached hydrogen (secondary N) is 1. The smallest absolute Gasteiger partial charge is 0.340 e. The summed E-state index contributed by atoms with van der Waals surface area (Å²) in [6, 6.07) is 9.48. The third kappa shape index (κ3) is 3.51. The van der Waals surface area contributed by atoms with Gasteiger partial charge in [-0.15, -0.1) is 0 Å². The number of hydrogen-bond donors (Lipinski definition) is 2. The molecule has 0 radical (unpaired) electrons. The molecule has 0 fully saturated rings. The highest BCUT2D eigenvalue weighted by molar-refractivity contribution is 5.99. The van der Waals surface area contributed by atoms with Crippen LogP contribution in [-0.2, 0) is 4.74 Å². The van der Waals surface area contributed by atoms with Crippen molar-refractivity contribution in [3.05, 3.63) is 53.3 Å². The molecule has 2 aromatic carbocycles. The highest BCUT2D eigenvalue weighted by Gasteiger charge is 2.15. The van der Waals surface area contributed by atoms with E-state index in [9.17, 15) is 9.18 Å². The summed E-state index contributed by atoms with van der Waals surface area (Å²) in [4.78, 5) is 11.9. The summed E-state index contributed by atoms with van der Waals surface area (Å²) in [5, 5.41) is 3.00. The third-order valence-electron chi connectivity index (χ3n) is 2.90. The largest absolute Gasteiger partial charge is 0.462 e. The van der Waals surface area contributed by atoms with Gasteiger partial charge in [-0.3, -0.25) is 0 Å². The number of carbonyl (C=O) groups excluding carboxylic acids is 1. The van der Waals surface area contributed by atoms with Gasteiger partial charge in [-0.05, 0) is 49.7 Å². The molecule has 0 heterocycles. The van der Waals surface area contributed by atoms with Gasteiger partial charge in [0.2, 0.25) is 0 Å². The Balaban J connectivity index is 2.41. The van der Waals surface area contributed by atoms with Crippen molar-refractivity contribution in [2.24, 2.45) is 0 Å². The summed E-state index contributed by atoms with van der Waals surface area (Å²) in [6.07, 6.45) is 0. The second-order valence-corrected chi connectivity index (χ2v) is 4.63. The summed E-state index contributed by atoms with van der Waals surface area (Å²) in [5.41, 5.74) is 8.33. The van der Waals surface area contributed by atoms with Crippen molar-refractivity contribution in [2.45, 2.75) is 13.8 Å². The van der Waals surface area contributed by atoms with E-state index >= 15 is 0 Å². The van der Waals surface area contributed by atoms with E-state index in [4.69, 9.17) is 10.5 Å². The van der Waals surface area contributed by atoms with Gasteiger partial charge in [-0.1, -0.05) is 6.07 Å². The molecule has 21 heavy (non-hydrogen) atoms. The van der Waals surface area contributed by atoms with Crippen molar-refractivity contribution in [3.63, 3.8) is 0 Å². The van der Waals surface area contributed by atoms with Crippen molar-refractivity contribution in [1.29, 1.82) is 0 Å². The van der Waals surface area contributed by atoms with Crippen LogP contribution in [0.25, 0.3) is 0 Å². The molecule has 0 amide bonds. The number of halogens is 1. The minimum atomic E-state index is -0.472. The lowest BCUT2D eigenvalue weighted by atomic mass is 10.1. The van der Waals surface area contributed by atoms with Crippen LogP contribution in [0.2, 0.25) is 0 Å². The molecule has 0 aromatic heterocycles. The average Bonchev–Trinajstić information content (AvgIpc) is 2.40. The number of nitrogen functional groups attached to an aromatic ring is 1. The maximum absolute atomic E-state index is 13.4. The molecule has 3 N–H and O–H groups in total. The highest BCUT2D eigenvalue weighted by atomic mass is 19.1. The van der Waals surface area contributed by atoms with Crippen molar-refractivity contribution >= 4 is 23.0 Å². The molecule has 0 unspecified atom stereocenters. The van der Waals surface area contributed by atoms with E-state index < -0.39 is 5.97 Å². The molecule has 2 rings (SSSR count). The lowest BCUT2D eigenvalue weighted by molar-refractivity contribution is 0.0527. The van der Waals surface area contributed by atoms with Crippen LogP contribution >= 0.6 is 0 Å². The molecule has 0 aliphatic carbocycles. The van der Waals surface area contributed by atoms with Crippen LogP contribution in [0.1, 0.15) is 22.8 Å². The van der Waals surface area contributed by atoms with Crippen LogP contribution in [0.3, 0.4) is 0 Å². The molecule has 2 aromatic rings. The summed E-state index contributed by atoms with van der Waals surface area (Å²) < 4.78 is 18.4. The Labute approximate surface area is 122 Å². The van der Waals surface area contributed by atoms with Crippen LogP contribution in [0.5, 0.6) is 0 Å². The van der Waals surface area contributed by atoms with Gasteiger partial charge in [-0.25, -0.2) is 9.18 Å². The molecule has 4 nitrogen and oxygen atoms in total. The molecule has 0 bridgehead atoms. The molecular formula is C16H17FN2O2. The number of esters is 1. The molecule has 0 aliphatic heterocycles. The van der Waals surface area contributed by atoms with Crippen LogP contribution < -0.4 is 11.1 Å². The van der Waals surface area contributed by atoms with Crippen LogP contribution in [-0.4, -0.2) is 12.6 Å². The van der Waals surface area contributed by atoms with Crippen molar-refractivity contribution in [2.75, 3.05) is 17.7 Å². The Hall–Kier alpha value is -2.56. The Morgan fingerprint density at radius 3 is 2.76 bits per heavy atom. The van der Waals surface area contributed by atoms with E-state index in [-0.39, 0.29) is 12.4 Å². The zero-order chi connectivity index (χ0) is 15.4. The third-order valence-corrected chi connectivity index (χ3v) is 2.90. The SMILES string of the molecule is CCOC(=O)c1cccc(N)c1Nc1cc(C)cc(F)c1. The van der Waals surface area contributed by atoms with Crippen LogP contribution in [0.15, 0.2) is 36.4 Å². The second kappa shape index (κ2) is 6.26. The highest BCUT2D eigenvalue weighted by Crippen LogP contribution is 2.28. The van der Waals surface area contributed by atoms with Crippen molar-refractivity contribution in [3.8, 4) is 0 Å². The number of ether oxygens (including phenoxy) is 1. The topological polar surface area (TPSA) is 64.3 Å². The first-order valence-electron chi connectivity index (χ1n) is 6.61. The number of benzene rings is 2. The minimum absolute atomic E-state index is 0.270. The lowest BCUT2D eigenvalue weighted by Crippen LogP contribution is -2.09. The fourth-order valence-corrected chi connectivity index (χ4v) is 2.04. The Morgan fingerprint density at radius 1 is 1.33 bits per heavy atom. The van der Waals surface area contributed by atoms with Crippen LogP contribution in [0.4, 0.5) is 21.5 Å². The Bertz CT molecular complexity index is 651. The van der Waals surface area contributed by atoms with Gasteiger partial charge in [0.25, 0.3) is 0 Å². The molecule has 5 heteroatoms. The Kier molecular flexibility index (Phi) is 4.42. The fraction of sp³-hybridized carbons (Fsp3) is 0.188. The first kappa shape index (κ1) is 14.8. The normalized spacial score (nSPS) is 10.2. The van der Waals surface area contributed by atoms with E-state index in [0.29, 0.717) is 22.6 Å². The molecule has 0 spiro atoms. The summed E-state index contributed by atoms with van der Waals surface area (Å²) in [6.45, 7) is 3.79. The van der Waals surface area contributed by atoms with Crippen molar-refractivity contribution in [1.82, 2.24) is 0 Å². The lowest BCUT2D eigenvalue weighted by Gasteiger charge is -2.14. The molecule has 0 atom stereocenters. The zero-order valence-corrected chi connectivity index (χ0v) is 11.9. The molecule has 0 saturated carbocycles. The van der Waals surface area contributed by atoms with E-state index in [1.807, 2.05) is 0 Å². The Morgan fingerprint density at radius 2 is 2.10 bits per heavy atom. The van der Waals surface area contributed by atoms with Gasteiger partial charge in [-0.2, -0.15) is 0 Å². The maximum Gasteiger partial charge on any atom is 0.340 e. The second-order valence-electron chi connectivity index (χ2n) is 4.63. The maximum atomic E-state index is 13.4.